The van der Waals surface area contributed by atoms with E-state index in [9.17, 15) is 12.8 Å². The quantitative estimate of drug-likeness (QED) is 0.898. The Labute approximate surface area is 120 Å². The van der Waals surface area contributed by atoms with E-state index in [1.54, 1.807) is 7.05 Å². The van der Waals surface area contributed by atoms with E-state index in [1.165, 1.54) is 28.6 Å². The summed E-state index contributed by atoms with van der Waals surface area (Å²) in [5.74, 6) is -0.0614. The molecule has 4 nitrogen and oxygen atoms in total. The molecule has 0 aromatic heterocycles. The maximum atomic E-state index is 12.8. The summed E-state index contributed by atoms with van der Waals surface area (Å²) in [6.45, 7) is 2.43. The fraction of sp³-hybridized carbons (Fsp3) is 0.571. The summed E-state index contributed by atoms with van der Waals surface area (Å²) in [4.78, 5) is 0. The highest BCUT2D eigenvalue weighted by atomic mass is 32.2. The van der Waals surface area contributed by atoms with Gasteiger partial charge in [0.2, 0.25) is 10.0 Å². The van der Waals surface area contributed by atoms with Crippen molar-refractivity contribution in [3.63, 3.8) is 0 Å². The lowest BCUT2D eigenvalue weighted by Gasteiger charge is -2.27. The minimum Gasteiger partial charge on any atom is -0.316 e. The smallest absolute Gasteiger partial charge is 0.218 e. The van der Waals surface area contributed by atoms with E-state index in [1.807, 2.05) is 0 Å². The van der Waals surface area contributed by atoms with Crippen LogP contribution in [0.25, 0.3) is 0 Å². The van der Waals surface area contributed by atoms with Crippen LogP contribution in [0.4, 0.5) is 4.39 Å². The first kappa shape index (κ1) is 15.4. The molecule has 1 N–H and O–H groups in total. The molecular formula is C14H21FN2O2S. The SMILES string of the molecule is CN(CC1CCCNC1)S(=O)(=O)Cc1ccc(F)cc1. The van der Waals surface area contributed by atoms with E-state index in [2.05, 4.69) is 5.32 Å². The molecule has 1 aliphatic rings. The van der Waals surface area contributed by atoms with Gasteiger partial charge in [0.05, 0.1) is 5.75 Å². The van der Waals surface area contributed by atoms with Crippen molar-refractivity contribution in [2.75, 3.05) is 26.7 Å². The maximum Gasteiger partial charge on any atom is 0.218 e. The Morgan fingerprint density at radius 3 is 2.65 bits per heavy atom. The molecule has 1 fully saturated rings. The van der Waals surface area contributed by atoms with E-state index in [-0.39, 0.29) is 11.6 Å². The number of nitrogens with one attached hydrogen (secondary N) is 1. The second-order valence-corrected chi connectivity index (χ2v) is 7.45. The molecule has 1 aromatic carbocycles. The summed E-state index contributed by atoms with van der Waals surface area (Å²) >= 11 is 0. The van der Waals surface area contributed by atoms with Gasteiger partial charge in [-0.1, -0.05) is 12.1 Å². The van der Waals surface area contributed by atoms with Gasteiger partial charge in [0.25, 0.3) is 0 Å². The third-order valence-electron chi connectivity index (χ3n) is 3.65. The molecule has 1 aliphatic heterocycles. The molecular weight excluding hydrogens is 279 g/mol. The molecule has 1 saturated heterocycles. The van der Waals surface area contributed by atoms with Gasteiger partial charge in [-0.2, -0.15) is 0 Å². The lowest BCUT2D eigenvalue weighted by molar-refractivity contribution is 0.314. The maximum absolute atomic E-state index is 12.8. The molecule has 20 heavy (non-hydrogen) atoms. The van der Waals surface area contributed by atoms with Crippen LogP contribution in [0.5, 0.6) is 0 Å². The van der Waals surface area contributed by atoms with Crippen molar-refractivity contribution in [3.05, 3.63) is 35.6 Å². The van der Waals surface area contributed by atoms with Crippen LogP contribution in [0.1, 0.15) is 18.4 Å². The molecule has 1 aromatic rings. The third kappa shape index (κ3) is 4.26. The molecule has 1 unspecified atom stereocenters. The number of rotatable bonds is 5. The third-order valence-corrected chi connectivity index (χ3v) is 5.45. The lowest BCUT2D eigenvalue weighted by atomic mass is 10.00. The van der Waals surface area contributed by atoms with Crippen LogP contribution in [0.2, 0.25) is 0 Å². The Bertz CT molecular complexity index is 525. The van der Waals surface area contributed by atoms with Crippen LogP contribution in [0.15, 0.2) is 24.3 Å². The summed E-state index contributed by atoms with van der Waals surface area (Å²) in [5.41, 5.74) is 0.611. The molecule has 0 spiro atoms. The van der Waals surface area contributed by atoms with E-state index < -0.39 is 10.0 Å². The zero-order valence-electron chi connectivity index (χ0n) is 11.7. The largest absolute Gasteiger partial charge is 0.316 e. The molecule has 0 saturated carbocycles. The molecule has 112 valence electrons. The van der Waals surface area contributed by atoms with Crippen LogP contribution in [-0.2, 0) is 15.8 Å². The van der Waals surface area contributed by atoms with E-state index in [0.717, 1.165) is 25.9 Å². The summed E-state index contributed by atoms with van der Waals surface area (Å²) in [6, 6.07) is 5.61. The van der Waals surface area contributed by atoms with Crippen LogP contribution in [0.3, 0.4) is 0 Å². The second-order valence-electron chi connectivity index (χ2n) is 5.38. The van der Waals surface area contributed by atoms with Crippen LogP contribution >= 0.6 is 0 Å². The summed E-state index contributed by atoms with van der Waals surface area (Å²) < 4.78 is 38.8. The summed E-state index contributed by atoms with van der Waals surface area (Å²) in [6.07, 6.45) is 2.15. The monoisotopic (exact) mass is 300 g/mol. The molecule has 2 rings (SSSR count). The topological polar surface area (TPSA) is 49.4 Å². The minimum absolute atomic E-state index is 0.0794. The zero-order valence-corrected chi connectivity index (χ0v) is 12.5. The average molecular weight is 300 g/mol. The van der Waals surface area contributed by atoms with Gasteiger partial charge in [0.15, 0.2) is 0 Å². The predicted octanol–water partition coefficient (Wildman–Crippen LogP) is 1.59. The van der Waals surface area contributed by atoms with Gasteiger partial charge in [0.1, 0.15) is 5.82 Å². The van der Waals surface area contributed by atoms with Crippen molar-refractivity contribution in [2.24, 2.45) is 5.92 Å². The van der Waals surface area contributed by atoms with E-state index in [0.29, 0.717) is 18.0 Å². The van der Waals surface area contributed by atoms with Crippen LogP contribution in [-0.4, -0.2) is 39.4 Å². The standard InChI is InChI=1S/C14H21FN2O2S/c1-17(10-13-3-2-8-16-9-13)20(18,19)11-12-4-6-14(15)7-5-12/h4-7,13,16H,2-3,8-11H2,1H3. The van der Waals surface area contributed by atoms with Crippen molar-refractivity contribution < 1.29 is 12.8 Å². The number of piperidine rings is 1. The van der Waals surface area contributed by atoms with E-state index >= 15 is 0 Å². The van der Waals surface area contributed by atoms with Crippen molar-refractivity contribution in [1.82, 2.24) is 9.62 Å². The van der Waals surface area contributed by atoms with Gasteiger partial charge in [-0.05, 0) is 49.5 Å². The van der Waals surface area contributed by atoms with Crippen LogP contribution in [0, 0.1) is 11.7 Å². The van der Waals surface area contributed by atoms with Gasteiger partial charge in [0, 0.05) is 13.6 Å². The molecule has 1 heterocycles. The van der Waals surface area contributed by atoms with Gasteiger partial charge in [-0.25, -0.2) is 17.1 Å². The highest BCUT2D eigenvalue weighted by Crippen LogP contribution is 2.15. The summed E-state index contributed by atoms with van der Waals surface area (Å²) in [5, 5.41) is 3.28. The van der Waals surface area contributed by atoms with Gasteiger partial charge < -0.3 is 5.32 Å². The Morgan fingerprint density at radius 1 is 1.35 bits per heavy atom. The van der Waals surface area contributed by atoms with Gasteiger partial charge in [-0.3, -0.25) is 0 Å². The first-order valence-corrected chi connectivity index (χ1v) is 8.47. The molecule has 0 amide bonds. The zero-order chi connectivity index (χ0) is 14.6. The Hall–Kier alpha value is -0.980. The summed E-state index contributed by atoms with van der Waals surface area (Å²) in [7, 11) is -1.72. The molecule has 0 aliphatic carbocycles. The highest BCUT2D eigenvalue weighted by molar-refractivity contribution is 7.88. The highest BCUT2D eigenvalue weighted by Gasteiger charge is 2.23. The van der Waals surface area contributed by atoms with Gasteiger partial charge >= 0.3 is 0 Å². The van der Waals surface area contributed by atoms with Crippen molar-refractivity contribution in [1.29, 1.82) is 0 Å². The number of halogens is 1. The van der Waals surface area contributed by atoms with Gasteiger partial charge in [-0.15, -0.1) is 0 Å². The van der Waals surface area contributed by atoms with E-state index in [4.69, 9.17) is 0 Å². The normalized spacial score (nSPS) is 20.2. The Balaban J connectivity index is 1.96. The fourth-order valence-corrected chi connectivity index (χ4v) is 3.73. The first-order chi connectivity index (χ1) is 9.47. The number of hydrogen-bond acceptors (Lipinski definition) is 3. The number of nitrogens with zero attached hydrogens (tertiary/aromatic N) is 1. The predicted molar refractivity (Wildman–Crippen MR) is 77.2 cm³/mol. The average Bonchev–Trinajstić information content (AvgIpc) is 2.42. The van der Waals surface area contributed by atoms with Crippen molar-refractivity contribution >= 4 is 10.0 Å². The number of hydrogen-bond donors (Lipinski definition) is 1. The molecule has 0 bridgehead atoms. The lowest BCUT2D eigenvalue weighted by Crippen LogP contribution is -2.39. The Kier molecular flexibility index (Phi) is 5.12. The van der Waals surface area contributed by atoms with Crippen molar-refractivity contribution in [3.8, 4) is 0 Å². The van der Waals surface area contributed by atoms with Crippen LogP contribution < -0.4 is 5.32 Å². The Morgan fingerprint density at radius 2 is 2.05 bits per heavy atom. The minimum atomic E-state index is -3.34. The number of benzene rings is 1. The van der Waals surface area contributed by atoms with Crippen molar-refractivity contribution in [2.45, 2.75) is 18.6 Å². The number of sulfonamides is 1. The molecule has 6 heteroatoms. The first-order valence-electron chi connectivity index (χ1n) is 6.86. The molecule has 0 radical (unpaired) electrons. The fourth-order valence-electron chi connectivity index (χ4n) is 2.46. The second kappa shape index (κ2) is 6.65. The molecule has 1 atom stereocenters.